The third-order valence-electron chi connectivity index (χ3n) is 4.26. The summed E-state index contributed by atoms with van der Waals surface area (Å²) in [7, 11) is 4.30. The third-order valence-corrected chi connectivity index (χ3v) is 4.26. The molecule has 5 heteroatoms. The largest absolute Gasteiger partial charge is 0.509 e. The molecule has 3 rings (SSSR count). The van der Waals surface area contributed by atoms with E-state index in [4.69, 9.17) is 15.9 Å². The molecule has 1 saturated heterocycles. The fourth-order valence-electron chi connectivity index (χ4n) is 3.22. The van der Waals surface area contributed by atoms with E-state index in [0.717, 1.165) is 30.6 Å². The lowest BCUT2D eigenvalue weighted by molar-refractivity contribution is -0.812. The van der Waals surface area contributed by atoms with Crippen LogP contribution >= 0.6 is 0 Å². The highest BCUT2D eigenvalue weighted by atomic mass is 16.6. The molecule has 0 radical (unpaired) electrons. The van der Waals surface area contributed by atoms with Gasteiger partial charge in [0.1, 0.15) is 0 Å². The van der Waals surface area contributed by atoms with Crippen molar-refractivity contribution in [1.29, 1.82) is 0 Å². The Morgan fingerprint density at radius 2 is 2.17 bits per heavy atom. The van der Waals surface area contributed by atoms with Gasteiger partial charge in [0.2, 0.25) is 0 Å². The zero-order valence-electron chi connectivity index (χ0n) is 10.8. The summed E-state index contributed by atoms with van der Waals surface area (Å²) in [6.07, 6.45) is 1.05. The lowest BCUT2D eigenvalue weighted by Gasteiger charge is -2.55. The van der Waals surface area contributed by atoms with Crippen LogP contribution in [0.1, 0.15) is 12.0 Å². The van der Waals surface area contributed by atoms with E-state index in [2.05, 4.69) is 18.9 Å². The van der Waals surface area contributed by atoms with E-state index < -0.39 is 6.69 Å². The van der Waals surface area contributed by atoms with Crippen LogP contribution in [-0.2, 0) is 15.9 Å². The predicted molar refractivity (Wildman–Crippen MR) is 70.4 cm³/mol. The maximum atomic E-state index is 7.15. The molecule has 0 N–H and O–H groups in total. The summed E-state index contributed by atoms with van der Waals surface area (Å²) < 4.78 is 12.9. The summed E-state index contributed by atoms with van der Waals surface area (Å²) in [5.74, 6) is 0. The van der Waals surface area contributed by atoms with Crippen LogP contribution in [0.5, 0.6) is 0 Å². The highest BCUT2D eigenvalue weighted by molar-refractivity contribution is 6.76. The number of rotatable bonds is 0. The normalized spacial score (nSPS) is 28.9. The van der Waals surface area contributed by atoms with Crippen LogP contribution in [0.4, 0.5) is 5.69 Å². The number of quaternary nitrogens is 1. The standard InChI is InChI=1S/C13H17BN2O2/c1-15-12-6-5-11-10-18-14(13(11)9-12)16(2,3)7-4-8-17-14/h5-6,9H,4,7-8,10H2,2-3H3. The highest BCUT2D eigenvalue weighted by Crippen LogP contribution is 2.32. The van der Waals surface area contributed by atoms with Gasteiger partial charge in [0.05, 0.1) is 6.57 Å². The predicted octanol–water partition coefficient (Wildman–Crippen LogP) is 1.41. The van der Waals surface area contributed by atoms with Crippen molar-refractivity contribution in [3.8, 4) is 0 Å². The molecular weight excluding hydrogens is 227 g/mol. The number of fused-ring (bicyclic) bond motifs is 2. The van der Waals surface area contributed by atoms with E-state index in [-0.39, 0.29) is 0 Å². The quantitative estimate of drug-likeness (QED) is 0.508. The third kappa shape index (κ3) is 1.43. The maximum absolute atomic E-state index is 7.15. The van der Waals surface area contributed by atoms with Crippen molar-refractivity contribution in [1.82, 2.24) is 0 Å². The molecule has 94 valence electrons. The fourth-order valence-corrected chi connectivity index (χ4v) is 3.22. The van der Waals surface area contributed by atoms with Crippen molar-refractivity contribution in [2.75, 3.05) is 27.2 Å². The second kappa shape index (κ2) is 3.82. The van der Waals surface area contributed by atoms with Crippen molar-refractivity contribution < 1.29 is 13.7 Å². The Labute approximate surface area is 108 Å². The van der Waals surface area contributed by atoms with Gasteiger partial charge >= 0.3 is 6.69 Å². The fraction of sp³-hybridized carbons (Fsp3) is 0.462. The van der Waals surface area contributed by atoms with Gasteiger partial charge < -0.3 is 13.7 Å². The second-order valence-corrected chi connectivity index (χ2v) is 5.70. The summed E-state index contributed by atoms with van der Waals surface area (Å²) in [5.41, 5.74) is 2.92. The molecule has 0 bridgehead atoms. The minimum Gasteiger partial charge on any atom is -0.509 e. The number of benzene rings is 1. The monoisotopic (exact) mass is 244 g/mol. The number of hydrogen-bond donors (Lipinski definition) is 0. The second-order valence-electron chi connectivity index (χ2n) is 5.70. The Balaban J connectivity index is 2.15. The first-order valence-electron chi connectivity index (χ1n) is 6.35. The Kier molecular flexibility index (Phi) is 2.49. The zero-order chi connectivity index (χ0) is 12.8. The highest BCUT2D eigenvalue weighted by Gasteiger charge is 2.53. The van der Waals surface area contributed by atoms with Gasteiger partial charge in [-0.25, -0.2) is 4.85 Å². The van der Waals surface area contributed by atoms with Gasteiger partial charge in [-0.05, 0) is 0 Å². The molecule has 1 fully saturated rings. The molecule has 1 aromatic rings. The summed E-state index contributed by atoms with van der Waals surface area (Å²) in [5, 5.41) is 0. The topological polar surface area (TPSA) is 22.8 Å². The van der Waals surface area contributed by atoms with Gasteiger partial charge in [-0.2, -0.15) is 0 Å². The van der Waals surface area contributed by atoms with Crippen LogP contribution in [-0.4, -0.2) is 38.3 Å². The lowest BCUT2D eigenvalue weighted by Crippen LogP contribution is -2.74. The van der Waals surface area contributed by atoms with E-state index in [9.17, 15) is 0 Å². The van der Waals surface area contributed by atoms with Crippen molar-refractivity contribution in [3.63, 3.8) is 0 Å². The van der Waals surface area contributed by atoms with Crippen molar-refractivity contribution in [2.45, 2.75) is 13.0 Å². The molecular formula is C13H17BN2O2. The van der Waals surface area contributed by atoms with Gasteiger partial charge in [0.25, 0.3) is 0 Å². The molecule has 1 spiro atoms. The van der Waals surface area contributed by atoms with E-state index in [1.54, 1.807) is 0 Å². The summed E-state index contributed by atoms with van der Waals surface area (Å²) in [6, 6.07) is 5.80. The molecule has 0 amide bonds. The SMILES string of the molecule is [C-]#[N+]c1ccc2c(c1)[B-]1(OCCC[N+]1(C)C)OC2. The Morgan fingerprint density at radius 3 is 2.89 bits per heavy atom. The molecule has 2 aliphatic heterocycles. The first-order chi connectivity index (χ1) is 8.59. The summed E-state index contributed by atoms with van der Waals surface area (Å²) >= 11 is 0. The molecule has 1 atom stereocenters. The minimum absolute atomic E-state index is 0.593. The van der Waals surface area contributed by atoms with Crippen LogP contribution in [0.3, 0.4) is 0 Å². The lowest BCUT2D eigenvalue weighted by atomic mass is 9.59. The molecule has 1 aromatic carbocycles. The van der Waals surface area contributed by atoms with Crippen LogP contribution in [0.2, 0.25) is 0 Å². The first kappa shape index (κ1) is 11.7. The maximum Gasteiger partial charge on any atom is 0.501 e. The smallest absolute Gasteiger partial charge is 0.501 e. The van der Waals surface area contributed by atoms with Crippen LogP contribution in [0.15, 0.2) is 18.2 Å². The number of hydrogen-bond acceptors (Lipinski definition) is 2. The zero-order valence-corrected chi connectivity index (χ0v) is 10.8. The molecule has 4 nitrogen and oxygen atoms in total. The van der Waals surface area contributed by atoms with Gasteiger partial charge in [-0.1, -0.05) is 29.2 Å². The van der Waals surface area contributed by atoms with E-state index in [0.29, 0.717) is 16.7 Å². The van der Waals surface area contributed by atoms with Crippen LogP contribution < -0.4 is 5.46 Å². The Hall–Kier alpha value is -1.35. The van der Waals surface area contributed by atoms with Crippen LogP contribution in [0, 0.1) is 6.57 Å². The summed E-state index contributed by atoms with van der Waals surface area (Å²) in [6.45, 7) is 8.05. The molecule has 2 aliphatic rings. The van der Waals surface area contributed by atoms with Gasteiger partial charge in [-0.3, -0.25) is 0 Å². The molecule has 18 heavy (non-hydrogen) atoms. The average molecular weight is 244 g/mol. The molecule has 1 unspecified atom stereocenters. The van der Waals surface area contributed by atoms with E-state index in [1.165, 1.54) is 0 Å². The molecule has 2 heterocycles. The minimum atomic E-state index is -1.48. The summed E-state index contributed by atoms with van der Waals surface area (Å²) in [4.78, 5) is 3.52. The van der Waals surface area contributed by atoms with Crippen molar-refractivity contribution in [2.24, 2.45) is 0 Å². The van der Waals surface area contributed by atoms with Crippen molar-refractivity contribution >= 4 is 17.8 Å². The van der Waals surface area contributed by atoms with Gasteiger partial charge in [-0.15, -0.1) is 0 Å². The van der Waals surface area contributed by atoms with Gasteiger partial charge in [0.15, 0.2) is 5.69 Å². The molecule has 0 saturated carbocycles. The average Bonchev–Trinajstić information content (AvgIpc) is 2.73. The molecule has 0 aromatic heterocycles. The number of nitrogens with zero attached hydrogens (tertiary/aromatic N) is 2. The van der Waals surface area contributed by atoms with Crippen molar-refractivity contribution in [3.05, 3.63) is 35.2 Å². The Morgan fingerprint density at radius 1 is 1.33 bits per heavy atom. The Bertz CT molecular complexity index is 534. The molecule has 0 aliphatic carbocycles. The van der Waals surface area contributed by atoms with E-state index >= 15 is 0 Å². The first-order valence-corrected chi connectivity index (χ1v) is 6.35. The van der Waals surface area contributed by atoms with E-state index in [1.807, 2.05) is 18.2 Å². The van der Waals surface area contributed by atoms with Gasteiger partial charge in [0, 0.05) is 40.3 Å². The van der Waals surface area contributed by atoms with Crippen LogP contribution in [0.25, 0.3) is 4.85 Å².